The van der Waals surface area contributed by atoms with Gasteiger partial charge in [0.1, 0.15) is 4.21 Å². The molecule has 1 aromatic heterocycles. The van der Waals surface area contributed by atoms with Crippen molar-refractivity contribution in [1.82, 2.24) is 4.31 Å². The van der Waals surface area contributed by atoms with Gasteiger partial charge >= 0.3 is 5.97 Å². The molecule has 2 atom stereocenters. The molecule has 0 N–H and O–H groups in total. The molecular weight excluding hydrogens is 354 g/mol. The third kappa shape index (κ3) is 2.86. The van der Waals surface area contributed by atoms with E-state index in [9.17, 15) is 13.2 Å². The highest BCUT2D eigenvalue weighted by atomic mass is 79.9. The van der Waals surface area contributed by atoms with E-state index < -0.39 is 10.0 Å². The SMILES string of the molecule is COC(=O)C1CN(S(=O)(=O)c2ccc(Br)s2)CC1C. The number of thiophene rings is 1. The molecule has 0 spiro atoms. The van der Waals surface area contributed by atoms with E-state index in [4.69, 9.17) is 4.74 Å². The minimum atomic E-state index is -3.51. The topological polar surface area (TPSA) is 63.7 Å². The maximum Gasteiger partial charge on any atom is 0.310 e. The minimum absolute atomic E-state index is 0.0365. The van der Waals surface area contributed by atoms with Crippen LogP contribution >= 0.6 is 27.3 Å². The lowest BCUT2D eigenvalue weighted by Gasteiger charge is -2.14. The number of halogens is 1. The standard InChI is InChI=1S/C11H14BrNO4S2/c1-7-5-13(6-8(7)11(14)17-2)19(15,16)10-4-3-9(12)18-10/h3-4,7-8H,5-6H2,1-2H3. The fourth-order valence-corrected chi connectivity index (χ4v) is 5.87. The molecule has 1 aliphatic heterocycles. The van der Waals surface area contributed by atoms with Crippen molar-refractivity contribution in [3.63, 3.8) is 0 Å². The average Bonchev–Trinajstić information content (AvgIpc) is 2.95. The summed E-state index contributed by atoms with van der Waals surface area (Å²) in [4.78, 5) is 11.6. The van der Waals surface area contributed by atoms with Crippen LogP contribution in [0.5, 0.6) is 0 Å². The number of nitrogens with zero attached hydrogens (tertiary/aromatic N) is 1. The van der Waals surface area contributed by atoms with Crippen molar-refractivity contribution in [2.75, 3.05) is 20.2 Å². The number of carbonyl (C=O) groups is 1. The average molecular weight is 368 g/mol. The predicted molar refractivity (Wildman–Crippen MR) is 75.4 cm³/mol. The van der Waals surface area contributed by atoms with Gasteiger partial charge in [0.15, 0.2) is 0 Å². The Labute approximate surface area is 124 Å². The maximum atomic E-state index is 12.4. The van der Waals surface area contributed by atoms with Crippen LogP contribution in [0.25, 0.3) is 0 Å². The molecule has 0 saturated carbocycles. The number of rotatable bonds is 3. The van der Waals surface area contributed by atoms with E-state index in [1.807, 2.05) is 6.92 Å². The van der Waals surface area contributed by atoms with Gasteiger partial charge in [-0.15, -0.1) is 11.3 Å². The van der Waals surface area contributed by atoms with Crippen LogP contribution in [0.15, 0.2) is 20.1 Å². The number of hydrogen-bond donors (Lipinski definition) is 0. The molecule has 2 unspecified atom stereocenters. The van der Waals surface area contributed by atoms with Crippen molar-refractivity contribution >= 4 is 43.3 Å². The number of hydrogen-bond acceptors (Lipinski definition) is 5. The normalized spacial score (nSPS) is 24.6. The number of carbonyl (C=O) groups excluding carboxylic acids is 1. The lowest BCUT2D eigenvalue weighted by Crippen LogP contribution is -2.29. The van der Waals surface area contributed by atoms with Gasteiger partial charge in [-0.2, -0.15) is 4.31 Å². The van der Waals surface area contributed by atoms with Crippen molar-refractivity contribution in [3.05, 3.63) is 15.9 Å². The fraction of sp³-hybridized carbons (Fsp3) is 0.545. The molecule has 0 radical (unpaired) electrons. The van der Waals surface area contributed by atoms with Gasteiger partial charge in [0.25, 0.3) is 10.0 Å². The van der Waals surface area contributed by atoms with Crippen LogP contribution in [0, 0.1) is 11.8 Å². The van der Waals surface area contributed by atoms with Crippen LogP contribution in [-0.4, -0.2) is 38.9 Å². The van der Waals surface area contributed by atoms with Gasteiger partial charge in [0.05, 0.1) is 16.8 Å². The second-order valence-corrected chi connectivity index (χ2v) is 9.12. The monoisotopic (exact) mass is 367 g/mol. The van der Waals surface area contributed by atoms with Gasteiger partial charge in [-0.1, -0.05) is 6.92 Å². The van der Waals surface area contributed by atoms with Crippen LogP contribution < -0.4 is 0 Å². The summed E-state index contributed by atoms with van der Waals surface area (Å²) in [7, 11) is -2.19. The zero-order valence-electron chi connectivity index (χ0n) is 10.5. The van der Waals surface area contributed by atoms with Crippen LogP contribution in [0.1, 0.15) is 6.92 Å². The summed E-state index contributed by atoms with van der Waals surface area (Å²) in [5.41, 5.74) is 0. The molecule has 1 aliphatic rings. The summed E-state index contributed by atoms with van der Waals surface area (Å²) in [6, 6.07) is 3.27. The van der Waals surface area contributed by atoms with E-state index in [1.165, 1.54) is 22.8 Å². The third-order valence-corrected chi connectivity index (χ3v) is 7.15. The van der Waals surface area contributed by atoms with Crippen molar-refractivity contribution in [1.29, 1.82) is 0 Å². The van der Waals surface area contributed by atoms with E-state index >= 15 is 0 Å². The van der Waals surface area contributed by atoms with Crippen LogP contribution in [-0.2, 0) is 19.6 Å². The number of ether oxygens (including phenoxy) is 1. The Morgan fingerprint density at radius 2 is 2.16 bits per heavy atom. The van der Waals surface area contributed by atoms with E-state index in [0.29, 0.717) is 6.54 Å². The summed E-state index contributed by atoms with van der Waals surface area (Å²) < 4.78 is 32.0. The minimum Gasteiger partial charge on any atom is -0.469 e. The Balaban J connectivity index is 2.22. The highest BCUT2D eigenvalue weighted by Gasteiger charge is 2.41. The molecule has 8 heteroatoms. The molecule has 1 saturated heterocycles. The lowest BCUT2D eigenvalue weighted by atomic mass is 9.99. The Hall–Kier alpha value is -0.440. The van der Waals surface area contributed by atoms with Crippen molar-refractivity contribution < 1.29 is 17.9 Å². The summed E-state index contributed by atoms with van der Waals surface area (Å²) in [6.07, 6.45) is 0. The highest BCUT2D eigenvalue weighted by molar-refractivity contribution is 9.11. The molecule has 1 fully saturated rings. The van der Waals surface area contributed by atoms with Gasteiger partial charge < -0.3 is 4.74 Å². The molecule has 0 aromatic carbocycles. The smallest absolute Gasteiger partial charge is 0.310 e. The second kappa shape index (κ2) is 5.51. The van der Waals surface area contributed by atoms with Crippen molar-refractivity contribution in [2.45, 2.75) is 11.1 Å². The Morgan fingerprint density at radius 1 is 1.47 bits per heavy atom. The van der Waals surface area contributed by atoms with E-state index in [0.717, 1.165) is 3.79 Å². The zero-order chi connectivity index (χ0) is 14.2. The first kappa shape index (κ1) is 15.0. The van der Waals surface area contributed by atoms with Gasteiger partial charge in [-0.3, -0.25) is 4.79 Å². The molecule has 5 nitrogen and oxygen atoms in total. The molecule has 0 bridgehead atoms. The first-order valence-electron chi connectivity index (χ1n) is 5.69. The van der Waals surface area contributed by atoms with Gasteiger partial charge in [-0.05, 0) is 34.0 Å². The Kier molecular flexibility index (Phi) is 4.34. The van der Waals surface area contributed by atoms with Crippen molar-refractivity contribution in [2.24, 2.45) is 11.8 Å². The summed E-state index contributed by atoms with van der Waals surface area (Å²) in [6.45, 7) is 2.39. The third-order valence-electron chi connectivity index (χ3n) is 3.23. The van der Waals surface area contributed by atoms with Crippen molar-refractivity contribution in [3.8, 4) is 0 Å². The highest BCUT2D eigenvalue weighted by Crippen LogP contribution is 2.33. The van der Waals surface area contributed by atoms with Gasteiger partial charge in [-0.25, -0.2) is 8.42 Å². The number of esters is 1. The lowest BCUT2D eigenvalue weighted by molar-refractivity contribution is -0.145. The fourth-order valence-electron chi connectivity index (χ4n) is 2.14. The zero-order valence-corrected chi connectivity index (χ0v) is 13.7. The van der Waals surface area contributed by atoms with Crippen LogP contribution in [0.4, 0.5) is 0 Å². The van der Waals surface area contributed by atoms with Gasteiger partial charge in [0, 0.05) is 13.1 Å². The quantitative estimate of drug-likeness (QED) is 0.765. The maximum absolute atomic E-state index is 12.4. The number of methoxy groups -OCH3 is 1. The largest absolute Gasteiger partial charge is 0.469 e. The molecule has 1 aromatic rings. The summed E-state index contributed by atoms with van der Waals surface area (Å²) in [5.74, 6) is -0.772. The Bertz CT molecular complexity index is 583. The summed E-state index contributed by atoms with van der Waals surface area (Å²) in [5, 5.41) is 0. The molecular formula is C11H14BrNO4S2. The Morgan fingerprint density at radius 3 is 2.68 bits per heavy atom. The molecule has 2 rings (SSSR count). The first-order chi connectivity index (χ1) is 8.86. The molecule has 0 amide bonds. The molecule has 0 aliphatic carbocycles. The molecule has 2 heterocycles. The van der Waals surface area contributed by atoms with E-state index in [-0.39, 0.29) is 28.6 Å². The van der Waals surface area contributed by atoms with E-state index in [2.05, 4.69) is 15.9 Å². The van der Waals surface area contributed by atoms with E-state index in [1.54, 1.807) is 12.1 Å². The molecule has 19 heavy (non-hydrogen) atoms. The molecule has 106 valence electrons. The van der Waals surface area contributed by atoms with Crippen LogP contribution in [0.3, 0.4) is 0 Å². The first-order valence-corrected chi connectivity index (χ1v) is 8.74. The number of sulfonamides is 1. The predicted octanol–water partition coefficient (Wildman–Crippen LogP) is 1.94. The van der Waals surface area contributed by atoms with Gasteiger partial charge in [0.2, 0.25) is 0 Å². The second-order valence-electron chi connectivity index (χ2n) is 4.49. The summed E-state index contributed by atoms with van der Waals surface area (Å²) >= 11 is 4.42. The van der Waals surface area contributed by atoms with Crippen LogP contribution in [0.2, 0.25) is 0 Å².